The highest BCUT2D eigenvalue weighted by atomic mass is 19.4. The Morgan fingerprint density at radius 2 is 1.87 bits per heavy atom. The average Bonchev–Trinajstić information content (AvgIpc) is 3.34. The van der Waals surface area contributed by atoms with E-state index in [1.54, 1.807) is 6.07 Å². The number of halogens is 4. The lowest BCUT2D eigenvalue weighted by Gasteiger charge is -2.31. The average molecular weight is 551 g/mol. The molecule has 1 heterocycles. The summed E-state index contributed by atoms with van der Waals surface area (Å²) in [5.74, 6) is -2.99. The topological polar surface area (TPSA) is 105 Å². The summed E-state index contributed by atoms with van der Waals surface area (Å²) < 4.78 is 64.3. The van der Waals surface area contributed by atoms with Crippen LogP contribution in [0.4, 0.5) is 28.0 Å². The van der Waals surface area contributed by atoms with Crippen LogP contribution in [0.3, 0.4) is 0 Å². The van der Waals surface area contributed by atoms with Crippen LogP contribution in [0.2, 0.25) is 0 Å². The van der Waals surface area contributed by atoms with Gasteiger partial charge in [0.05, 0.1) is 0 Å². The number of carbonyl (C=O) groups excluding carboxylic acids is 4. The summed E-state index contributed by atoms with van der Waals surface area (Å²) in [6, 6.07) is 6.99. The van der Waals surface area contributed by atoms with Crippen molar-refractivity contribution in [2.75, 3.05) is 25.6 Å². The predicted octanol–water partition coefficient (Wildman–Crippen LogP) is 3.51. The van der Waals surface area contributed by atoms with Crippen molar-refractivity contribution in [3.8, 4) is 0 Å². The van der Waals surface area contributed by atoms with Gasteiger partial charge in [-0.15, -0.1) is 0 Å². The Hall–Kier alpha value is -4.00. The number of hydrogen-bond acceptors (Lipinski definition) is 6. The number of fused-ring (bicyclic) bond motifs is 2. The first kappa shape index (κ1) is 28.0. The summed E-state index contributed by atoms with van der Waals surface area (Å²) >= 11 is 0. The van der Waals surface area contributed by atoms with Crippen molar-refractivity contribution in [1.29, 1.82) is 0 Å². The number of amides is 4. The number of aryl methyl sites for hydroxylation is 1. The van der Waals surface area contributed by atoms with Gasteiger partial charge in [0.15, 0.2) is 0 Å². The first-order chi connectivity index (χ1) is 18.4. The fourth-order valence-electron chi connectivity index (χ4n) is 4.69. The van der Waals surface area contributed by atoms with Gasteiger partial charge in [-0.25, -0.2) is 14.1 Å². The van der Waals surface area contributed by atoms with Gasteiger partial charge in [-0.3, -0.25) is 14.4 Å². The van der Waals surface area contributed by atoms with Gasteiger partial charge in [-0.1, -0.05) is 18.2 Å². The van der Waals surface area contributed by atoms with E-state index in [-0.39, 0.29) is 18.6 Å². The molecule has 1 fully saturated rings. The Kier molecular flexibility index (Phi) is 7.64. The minimum absolute atomic E-state index is 0.0608. The maximum Gasteiger partial charge on any atom is 0.418 e. The molecule has 1 saturated heterocycles. The number of benzene rings is 2. The molecule has 0 radical (unpaired) electrons. The fourth-order valence-corrected chi connectivity index (χ4v) is 4.69. The number of nitrogens with one attached hydrogen (secondary N) is 1. The number of anilines is 1. The number of nitrogens with zero attached hydrogens (tertiary/aromatic N) is 2. The molecule has 2 atom stereocenters. The van der Waals surface area contributed by atoms with Gasteiger partial charge in [0.1, 0.15) is 25.0 Å². The summed E-state index contributed by atoms with van der Waals surface area (Å²) in [4.78, 5) is 52.1. The summed E-state index contributed by atoms with van der Waals surface area (Å²) in [6.07, 6.45) is -5.58. The normalized spacial score (nSPS) is 19.2. The first-order valence-electron chi connectivity index (χ1n) is 11.9. The Morgan fingerprint density at radius 3 is 2.51 bits per heavy atom. The number of rotatable bonds is 8. The molecule has 1 spiro atoms. The van der Waals surface area contributed by atoms with Crippen LogP contribution in [-0.2, 0) is 42.4 Å². The molecule has 0 bridgehead atoms. The molecule has 1 aliphatic heterocycles. The van der Waals surface area contributed by atoms with E-state index in [2.05, 4.69) is 5.32 Å². The van der Waals surface area contributed by atoms with E-state index >= 15 is 0 Å². The van der Waals surface area contributed by atoms with Crippen molar-refractivity contribution >= 4 is 29.5 Å². The molecule has 2 aromatic carbocycles. The molecule has 9 nitrogen and oxygen atoms in total. The van der Waals surface area contributed by atoms with Gasteiger partial charge in [-0.05, 0) is 48.7 Å². The molecule has 1 unspecified atom stereocenters. The van der Waals surface area contributed by atoms with Gasteiger partial charge in [0.2, 0.25) is 17.4 Å². The van der Waals surface area contributed by atoms with Gasteiger partial charge in [0, 0.05) is 31.3 Å². The van der Waals surface area contributed by atoms with Crippen LogP contribution in [-0.4, -0.2) is 66.1 Å². The summed E-state index contributed by atoms with van der Waals surface area (Å²) in [7, 11) is 1.37. The summed E-state index contributed by atoms with van der Waals surface area (Å²) in [5, 5.41) is 2.63. The highest BCUT2D eigenvalue weighted by Crippen LogP contribution is 2.46. The minimum atomic E-state index is -4.80. The molecule has 0 saturated carbocycles. The van der Waals surface area contributed by atoms with Crippen LogP contribution in [0, 0.1) is 5.82 Å². The van der Waals surface area contributed by atoms with Gasteiger partial charge >= 0.3 is 12.3 Å². The molecule has 13 heteroatoms. The smallest absolute Gasteiger partial charge is 0.418 e. The third-order valence-electron chi connectivity index (χ3n) is 6.74. The number of carbonyl (C=O) groups is 4. The summed E-state index contributed by atoms with van der Waals surface area (Å²) in [6.45, 7) is -0.877. The Bertz CT molecular complexity index is 1300. The third kappa shape index (κ3) is 5.58. The van der Waals surface area contributed by atoms with E-state index in [9.17, 15) is 36.7 Å². The lowest BCUT2D eigenvalue weighted by atomic mass is 9.94. The first-order valence-corrected chi connectivity index (χ1v) is 11.9. The molecule has 1 N–H and O–H groups in total. The van der Waals surface area contributed by atoms with Crippen LogP contribution in [0.5, 0.6) is 0 Å². The number of alkyl halides is 3. The van der Waals surface area contributed by atoms with Crippen molar-refractivity contribution < 1.29 is 46.2 Å². The van der Waals surface area contributed by atoms with Crippen LogP contribution < -0.4 is 5.32 Å². The second kappa shape index (κ2) is 10.6. The van der Waals surface area contributed by atoms with E-state index in [0.29, 0.717) is 33.0 Å². The number of hydrogen-bond donors (Lipinski definition) is 1. The molecule has 2 aliphatic rings. The molecule has 0 aromatic heterocycles. The summed E-state index contributed by atoms with van der Waals surface area (Å²) in [5.41, 5.74) is -0.0605. The second-order valence-corrected chi connectivity index (χ2v) is 9.31. The predicted molar refractivity (Wildman–Crippen MR) is 128 cm³/mol. The molecule has 2 aromatic rings. The zero-order valence-corrected chi connectivity index (χ0v) is 21.0. The Morgan fingerprint density at radius 1 is 1.18 bits per heavy atom. The van der Waals surface area contributed by atoms with Crippen LogP contribution in [0.15, 0.2) is 42.5 Å². The quantitative estimate of drug-likeness (QED) is 0.504. The minimum Gasteiger partial charge on any atom is -0.427 e. The molecule has 4 rings (SSSR count). The maximum atomic E-state index is 13.6. The van der Waals surface area contributed by atoms with Crippen molar-refractivity contribution in [2.45, 2.75) is 44.1 Å². The monoisotopic (exact) mass is 551 g/mol. The van der Waals surface area contributed by atoms with E-state index in [1.807, 2.05) is 0 Å². The van der Waals surface area contributed by atoms with Gasteiger partial charge in [0.25, 0.3) is 5.91 Å². The third-order valence-corrected chi connectivity index (χ3v) is 6.74. The zero-order chi connectivity index (χ0) is 28.5. The lowest BCUT2D eigenvalue weighted by molar-refractivity contribution is -0.187. The van der Waals surface area contributed by atoms with Crippen molar-refractivity contribution in [3.63, 3.8) is 0 Å². The highest BCUT2D eigenvalue weighted by molar-refractivity contribution is 6.06. The molecule has 39 heavy (non-hydrogen) atoms. The molecular formula is C26H25F4N3O6. The van der Waals surface area contributed by atoms with Crippen molar-refractivity contribution in [1.82, 2.24) is 9.80 Å². The number of methoxy groups -OCH3 is 1. The largest absolute Gasteiger partial charge is 0.427 e. The van der Waals surface area contributed by atoms with E-state index in [0.717, 1.165) is 19.1 Å². The Balaban J connectivity index is 1.55. The Labute approximate surface area is 220 Å². The maximum absolute atomic E-state index is 13.6. The van der Waals surface area contributed by atoms with Crippen molar-refractivity contribution in [2.24, 2.45) is 0 Å². The van der Waals surface area contributed by atoms with Crippen LogP contribution >= 0.6 is 0 Å². The molecule has 208 valence electrons. The molecule has 4 amide bonds. The van der Waals surface area contributed by atoms with Gasteiger partial charge < -0.3 is 19.7 Å². The highest BCUT2D eigenvalue weighted by Gasteiger charge is 2.58. The zero-order valence-electron chi connectivity index (χ0n) is 21.0. The second-order valence-electron chi connectivity index (χ2n) is 9.31. The van der Waals surface area contributed by atoms with E-state index < -0.39 is 60.5 Å². The molecule has 1 aliphatic carbocycles. The van der Waals surface area contributed by atoms with Crippen LogP contribution in [0.1, 0.15) is 30.0 Å². The molecular weight excluding hydrogens is 526 g/mol. The SMILES string of the molecule is COCC(=O)Nc1ccc2c(c1)CC[C@@]21OC(=O)N(CC(=O)N(Cc2ccc(F)cc2)C(C)C(F)(F)F)C1=O. The number of imide groups is 1. The fraction of sp³-hybridized carbons (Fsp3) is 0.385. The number of ether oxygens (including phenoxy) is 2. The standard InChI is InChI=1S/C26H25F4N3O6/c1-15(26(28,29)30)32(12-16-3-5-18(27)6-4-16)22(35)13-33-23(36)25(39-24(33)37)10-9-17-11-19(7-8-20(17)25)31-21(34)14-38-2/h3-8,11,15H,9-10,12-14H2,1-2H3,(H,31,34)/t15?,25-/m1/s1. The van der Waals surface area contributed by atoms with E-state index in [4.69, 9.17) is 9.47 Å². The van der Waals surface area contributed by atoms with Crippen LogP contribution in [0.25, 0.3) is 0 Å². The van der Waals surface area contributed by atoms with Gasteiger partial charge in [-0.2, -0.15) is 13.2 Å². The van der Waals surface area contributed by atoms with E-state index in [1.165, 1.54) is 31.4 Å². The van der Waals surface area contributed by atoms with Crippen molar-refractivity contribution in [3.05, 3.63) is 65.0 Å². The lowest BCUT2D eigenvalue weighted by Crippen LogP contribution is -2.51.